The van der Waals surface area contributed by atoms with E-state index in [-0.39, 0.29) is 30.8 Å². The van der Waals surface area contributed by atoms with Gasteiger partial charge in [0.1, 0.15) is 6.54 Å². The Bertz CT molecular complexity index is 597. The van der Waals surface area contributed by atoms with E-state index in [1.807, 2.05) is 0 Å². The van der Waals surface area contributed by atoms with Gasteiger partial charge in [-0.1, -0.05) is 5.16 Å². The molecule has 0 spiro atoms. The van der Waals surface area contributed by atoms with Gasteiger partial charge in [0, 0.05) is 13.1 Å². The Hall–Kier alpha value is -2.45. The minimum absolute atomic E-state index is 0.00186. The molecule has 1 aromatic heterocycles. The summed E-state index contributed by atoms with van der Waals surface area (Å²) in [5, 5.41) is 6.17. The Balaban J connectivity index is 1.63. The van der Waals surface area contributed by atoms with Crippen LogP contribution in [0.3, 0.4) is 0 Å². The molecule has 9 heteroatoms. The van der Waals surface area contributed by atoms with Crippen molar-refractivity contribution in [3.05, 3.63) is 11.7 Å². The summed E-state index contributed by atoms with van der Waals surface area (Å²) >= 11 is 0. The molecule has 1 aromatic rings. The van der Waals surface area contributed by atoms with E-state index in [1.165, 1.54) is 0 Å². The second-order valence-electron chi connectivity index (χ2n) is 5.50. The molecule has 0 radical (unpaired) electrons. The summed E-state index contributed by atoms with van der Waals surface area (Å²) in [5.41, 5.74) is 0. The van der Waals surface area contributed by atoms with Gasteiger partial charge < -0.3 is 14.7 Å². The van der Waals surface area contributed by atoms with Gasteiger partial charge in [-0.3, -0.25) is 14.5 Å². The molecule has 0 aliphatic carbocycles. The highest BCUT2D eigenvalue weighted by atomic mass is 16.5. The lowest BCUT2D eigenvalue weighted by Gasteiger charge is -2.31. The minimum atomic E-state index is -0.514. The van der Waals surface area contributed by atoms with E-state index in [2.05, 4.69) is 15.5 Å². The smallest absolute Gasteiger partial charge is 0.325 e. The van der Waals surface area contributed by atoms with Crippen molar-refractivity contribution in [2.45, 2.75) is 25.7 Å². The molecule has 3 heterocycles. The second kappa shape index (κ2) is 5.74. The first-order valence-electron chi connectivity index (χ1n) is 7.21. The standard InChI is InChI=1S/C13H17N5O4/c1-8-15-12(22-16-8)9-3-2-4-17(6-9)11(20)7-18-10(19)5-14-13(18)21/h9H,2-7H2,1H3,(H,14,21). The number of aromatic nitrogens is 2. The van der Waals surface area contributed by atoms with E-state index in [0.717, 1.165) is 17.7 Å². The number of imide groups is 1. The summed E-state index contributed by atoms with van der Waals surface area (Å²) in [4.78, 5) is 42.1. The fourth-order valence-corrected chi connectivity index (χ4v) is 2.73. The van der Waals surface area contributed by atoms with Crippen LogP contribution in [0.1, 0.15) is 30.5 Å². The van der Waals surface area contributed by atoms with Crippen LogP contribution in [0.5, 0.6) is 0 Å². The molecule has 9 nitrogen and oxygen atoms in total. The Morgan fingerprint density at radius 2 is 2.27 bits per heavy atom. The summed E-state index contributed by atoms with van der Waals surface area (Å²) in [6.07, 6.45) is 1.69. The van der Waals surface area contributed by atoms with Crippen molar-refractivity contribution in [3.8, 4) is 0 Å². The van der Waals surface area contributed by atoms with Crippen molar-refractivity contribution in [2.75, 3.05) is 26.2 Å². The molecule has 0 bridgehead atoms. The first-order valence-corrected chi connectivity index (χ1v) is 7.21. The summed E-state index contributed by atoms with van der Waals surface area (Å²) in [6.45, 7) is 2.54. The summed E-state index contributed by atoms with van der Waals surface area (Å²) in [6, 6.07) is -0.514. The SMILES string of the molecule is Cc1noc(C2CCCN(C(=O)CN3C(=O)CNC3=O)C2)n1. The maximum atomic E-state index is 12.3. The molecule has 3 rings (SSSR count). The van der Waals surface area contributed by atoms with Gasteiger partial charge in [-0.15, -0.1) is 0 Å². The number of carbonyl (C=O) groups excluding carboxylic acids is 3. The highest BCUT2D eigenvalue weighted by Crippen LogP contribution is 2.25. The van der Waals surface area contributed by atoms with Crippen molar-refractivity contribution >= 4 is 17.8 Å². The topological polar surface area (TPSA) is 109 Å². The fourth-order valence-electron chi connectivity index (χ4n) is 2.73. The highest BCUT2D eigenvalue weighted by Gasteiger charge is 2.34. The van der Waals surface area contributed by atoms with Gasteiger partial charge in [-0.05, 0) is 19.8 Å². The van der Waals surface area contributed by atoms with E-state index in [4.69, 9.17) is 4.52 Å². The van der Waals surface area contributed by atoms with Gasteiger partial charge in [-0.25, -0.2) is 4.79 Å². The van der Waals surface area contributed by atoms with E-state index < -0.39 is 6.03 Å². The molecule has 2 fully saturated rings. The van der Waals surface area contributed by atoms with Crippen LogP contribution in [-0.2, 0) is 9.59 Å². The highest BCUT2D eigenvalue weighted by molar-refractivity contribution is 6.04. The van der Waals surface area contributed by atoms with Crippen LogP contribution >= 0.6 is 0 Å². The molecule has 118 valence electrons. The number of urea groups is 1. The molecule has 0 aromatic carbocycles. The number of aryl methyl sites for hydroxylation is 1. The van der Waals surface area contributed by atoms with Crippen molar-refractivity contribution in [3.63, 3.8) is 0 Å². The molecule has 2 saturated heterocycles. The Labute approximate surface area is 126 Å². The molecule has 1 atom stereocenters. The number of rotatable bonds is 3. The fraction of sp³-hybridized carbons (Fsp3) is 0.615. The lowest BCUT2D eigenvalue weighted by Crippen LogP contribution is -2.46. The molecule has 22 heavy (non-hydrogen) atoms. The third-order valence-corrected chi connectivity index (χ3v) is 3.90. The average Bonchev–Trinajstić information content (AvgIpc) is 3.08. The van der Waals surface area contributed by atoms with Gasteiger partial charge in [0.2, 0.25) is 11.8 Å². The van der Waals surface area contributed by atoms with E-state index in [9.17, 15) is 14.4 Å². The largest absolute Gasteiger partial charge is 0.340 e. The number of nitrogens with zero attached hydrogens (tertiary/aromatic N) is 4. The molecular formula is C13H17N5O4. The zero-order valence-electron chi connectivity index (χ0n) is 12.2. The molecular weight excluding hydrogens is 290 g/mol. The van der Waals surface area contributed by atoms with Gasteiger partial charge in [0.25, 0.3) is 5.91 Å². The van der Waals surface area contributed by atoms with Crippen LogP contribution in [0.4, 0.5) is 4.79 Å². The van der Waals surface area contributed by atoms with Crippen LogP contribution < -0.4 is 5.32 Å². The number of carbonyl (C=O) groups is 3. The predicted molar refractivity (Wildman–Crippen MR) is 72.7 cm³/mol. The van der Waals surface area contributed by atoms with E-state index in [0.29, 0.717) is 24.8 Å². The molecule has 4 amide bonds. The van der Waals surface area contributed by atoms with Crippen LogP contribution in [0.15, 0.2) is 4.52 Å². The number of hydrogen-bond acceptors (Lipinski definition) is 6. The Morgan fingerprint density at radius 1 is 1.45 bits per heavy atom. The predicted octanol–water partition coefficient (Wildman–Crippen LogP) is -0.364. The number of nitrogens with one attached hydrogen (secondary N) is 1. The van der Waals surface area contributed by atoms with E-state index >= 15 is 0 Å². The molecule has 1 unspecified atom stereocenters. The Kier molecular flexibility index (Phi) is 3.78. The third kappa shape index (κ3) is 2.78. The number of amides is 4. The number of likely N-dealkylation sites (tertiary alicyclic amines) is 1. The van der Waals surface area contributed by atoms with Gasteiger partial charge in [0.15, 0.2) is 5.82 Å². The quantitative estimate of drug-likeness (QED) is 0.764. The molecule has 0 saturated carbocycles. The first-order chi connectivity index (χ1) is 10.5. The second-order valence-corrected chi connectivity index (χ2v) is 5.50. The first kappa shape index (κ1) is 14.5. The molecule has 1 N–H and O–H groups in total. The van der Waals surface area contributed by atoms with Gasteiger partial charge in [0.05, 0.1) is 12.5 Å². The molecule has 2 aliphatic rings. The van der Waals surface area contributed by atoms with Crippen molar-refractivity contribution in [1.82, 2.24) is 25.3 Å². The van der Waals surface area contributed by atoms with Crippen molar-refractivity contribution in [2.24, 2.45) is 0 Å². The maximum Gasteiger partial charge on any atom is 0.325 e. The average molecular weight is 307 g/mol. The van der Waals surface area contributed by atoms with Crippen LogP contribution in [-0.4, -0.2) is 64.0 Å². The lowest BCUT2D eigenvalue weighted by atomic mass is 9.98. The number of hydrogen-bond donors (Lipinski definition) is 1. The zero-order valence-corrected chi connectivity index (χ0v) is 12.2. The van der Waals surface area contributed by atoms with Crippen LogP contribution in [0.2, 0.25) is 0 Å². The van der Waals surface area contributed by atoms with Gasteiger partial charge >= 0.3 is 6.03 Å². The zero-order chi connectivity index (χ0) is 15.7. The number of piperidine rings is 1. The summed E-state index contributed by atoms with van der Waals surface area (Å²) < 4.78 is 5.17. The summed E-state index contributed by atoms with van der Waals surface area (Å²) in [7, 11) is 0. The normalized spacial score (nSPS) is 22.1. The maximum absolute atomic E-state index is 12.3. The van der Waals surface area contributed by atoms with Gasteiger partial charge in [-0.2, -0.15) is 4.98 Å². The van der Waals surface area contributed by atoms with E-state index in [1.54, 1.807) is 11.8 Å². The Morgan fingerprint density at radius 3 is 2.91 bits per heavy atom. The third-order valence-electron chi connectivity index (χ3n) is 3.90. The van der Waals surface area contributed by atoms with Crippen LogP contribution in [0.25, 0.3) is 0 Å². The monoisotopic (exact) mass is 307 g/mol. The minimum Gasteiger partial charge on any atom is -0.340 e. The molecule has 2 aliphatic heterocycles. The summed E-state index contributed by atoms with van der Waals surface area (Å²) in [5.74, 6) is 0.482. The van der Waals surface area contributed by atoms with Crippen molar-refractivity contribution in [1.29, 1.82) is 0 Å². The lowest BCUT2D eigenvalue weighted by molar-refractivity contribution is -0.137. The van der Waals surface area contributed by atoms with Crippen LogP contribution in [0, 0.1) is 6.92 Å². The van der Waals surface area contributed by atoms with Crippen molar-refractivity contribution < 1.29 is 18.9 Å².